The van der Waals surface area contributed by atoms with Gasteiger partial charge in [-0.3, -0.25) is 0 Å². The Bertz CT molecular complexity index is 684. The SMILES string of the molecule is COCCNc1ncc(F)c(Nc2ccc3c(c2)OCCO3)n1. The van der Waals surface area contributed by atoms with E-state index in [0.717, 1.165) is 6.20 Å². The average Bonchev–Trinajstić information content (AvgIpc) is 2.58. The molecule has 0 saturated heterocycles. The van der Waals surface area contributed by atoms with Crippen LogP contribution in [0.3, 0.4) is 0 Å². The van der Waals surface area contributed by atoms with E-state index in [1.165, 1.54) is 0 Å². The molecule has 0 amide bonds. The first-order valence-corrected chi connectivity index (χ1v) is 7.18. The molecule has 7 nitrogen and oxygen atoms in total. The van der Waals surface area contributed by atoms with Gasteiger partial charge in [-0.05, 0) is 12.1 Å². The number of hydrogen-bond donors (Lipinski definition) is 2. The Hall–Kier alpha value is -2.61. The van der Waals surface area contributed by atoms with Crippen molar-refractivity contribution in [2.45, 2.75) is 0 Å². The molecular formula is C15H17FN4O3. The number of nitrogens with zero attached hydrogens (tertiary/aromatic N) is 2. The molecule has 2 N–H and O–H groups in total. The highest BCUT2D eigenvalue weighted by molar-refractivity contribution is 5.62. The van der Waals surface area contributed by atoms with Gasteiger partial charge in [0.25, 0.3) is 0 Å². The normalized spacial score (nSPS) is 12.8. The standard InChI is InChI=1S/C15H17FN4O3/c1-21-5-4-17-15-18-9-11(16)14(20-15)19-10-2-3-12-13(8-10)23-7-6-22-12/h2-3,8-9H,4-7H2,1H3,(H2,17,18,19,20). The lowest BCUT2D eigenvalue weighted by Gasteiger charge is -2.19. The highest BCUT2D eigenvalue weighted by atomic mass is 19.1. The van der Waals surface area contributed by atoms with Crippen LogP contribution >= 0.6 is 0 Å². The minimum Gasteiger partial charge on any atom is -0.486 e. The highest BCUT2D eigenvalue weighted by Gasteiger charge is 2.13. The maximum Gasteiger partial charge on any atom is 0.224 e. The van der Waals surface area contributed by atoms with Crippen molar-refractivity contribution in [3.05, 3.63) is 30.2 Å². The first kappa shape index (κ1) is 15.3. The van der Waals surface area contributed by atoms with Crippen molar-refractivity contribution in [2.24, 2.45) is 0 Å². The van der Waals surface area contributed by atoms with E-state index < -0.39 is 5.82 Å². The molecular weight excluding hydrogens is 303 g/mol. The van der Waals surface area contributed by atoms with Gasteiger partial charge in [0.05, 0.1) is 12.8 Å². The number of hydrogen-bond acceptors (Lipinski definition) is 7. The van der Waals surface area contributed by atoms with Crippen LogP contribution in [-0.4, -0.2) is 43.4 Å². The van der Waals surface area contributed by atoms with Gasteiger partial charge in [0, 0.05) is 25.4 Å². The van der Waals surface area contributed by atoms with Crippen LogP contribution in [0.4, 0.5) is 21.8 Å². The lowest BCUT2D eigenvalue weighted by Crippen LogP contribution is -2.15. The van der Waals surface area contributed by atoms with Crippen LogP contribution in [0.15, 0.2) is 24.4 Å². The van der Waals surface area contributed by atoms with Gasteiger partial charge < -0.3 is 24.8 Å². The van der Waals surface area contributed by atoms with Gasteiger partial charge in [0.15, 0.2) is 23.1 Å². The van der Waals surface area contributed by atoms with Crippen LogP contribution in [0.5, 0.6) is 11.5 Å². The van der Waals surface area contributed by atoms with Gasteiger partial charge in [-0.1, -0.05) is 0 Å². The molecule has 1 aliphatic heterocycles. The average molecular weight is 320 g/mol. The van der Waals surface area contributed by atoms with E-state index in [9.17, 15) is 4.39 Å². The summed E-state index contributed by atoms with van der Waals surface area (Å²) in [6, 6.07) is 5.29. The maximum absolute atomic E-state index is 13.9. The van der Waals surface area contributed by atoms with Crippen molar-refractivity contribution >= 4 is 17.5 Å². The van der Waals surface area contributed by atoms with E-state index in [-0.39, 0.29) is 5.82 Å². The summed E-state index contributed by atoms with van der Waals surface area (Å²) in [6.45, 7) is 2.06. The molecule has 1 aliphatic rings. The fourth-order valence-corrected chi connectivity index (χ4v) is 2.06. The number of nitrogens with one attached hydrogen (secondary N) is 2. The number of fused-ring (bicyclic) bond motifs is 1. The molecule has 0 bridgehead atoms. The second-order valence-electron chi connectivity index (χ2n) is 4.79. The van der Waals surface area contributed by atoms with Gasteiger partial charge in [0.2, 0.25) is 5.95 Å². The van der Waals surface area contributed by atoms with Crippen LogP contribution in [0.2, 0.25) is 0 Å². The third-order valence-corrected chi connectivity index (χ3v) is 3.14. The van der Waals surface area contributed by atoms with E-state index in [1.807, 2.05) is 0 Å². The summed E-state index contributed by atoms with van der Waals surface area (Å²) in [5, 5.41) is 5.87. The van der Waals surface area contributed by atoms with Crippen LogP contribution in [0, 0.1) is 5.82 Å². The summed E-state index contributed by atoms with van der Waals surface area (Å²) in [7, 11) is 1.60. The molecule has 3 rings (SSSR count). The summed E-state index contributed by atoms with van der Waals surface area (Å²) >= 11 is 0. The molecule has 1 aromatic heterocycles. The summed E-state index contributed by atoms with van der Waals surface area (Å²) in [4.78, 5) is 8.00. The molecule has 8 heteroatoms. The van der Waals surface area contributed by atoms with Gasteiger partial charge in [0.1, 0.15) is 13.2 Å². The zero-order chi connectivity index (χ0) is 16.1. The molecule has 1 aromatic carbocycles. The Balaban J connectivity index is 1.75. The number of halogens is 1. The molecule has 23 heavy (non-hydrogen) atoms. The summed E-state index contributed by atoms with van der Waals surface area (Å²) < 4.78 is 29.8. The fraction of sp³-hybridized carbons (Fsp3) is 0.333. The van der Waals surface area contributed by atoms with E-state index in [1.54, 1.807) is 25.3 Å². The number of methoxy groups -OCH3 is 1. The number of ether oxygens (including phenoxy) is 3. The number of benzene rings is 1. The van der Waals surface area contributed by atoms with Crippen molar-refractivity contribution in [2.75, 3.05) is 44.1 Å². The third kappa shape index (κ3) is 3.78. The Morgan fingerprint density at radius 2 is 2.09 bits per heavy atom. The lowest BCUT2D eigenvalue weighted by molar-refractivity contribution is 0.171. The molecule has 0 fully saturated rings. The lowest BCUT2D eigenvalue weighted by atomic mass is 10.2. The Morgan fingerprint density at radius 3 is 2.91 bits per heavy atom. The van der Waals surface area contributed by atoms with Crippen molar-refractivity contribution < 1.29 is 18.6 Å². The second-order valence-corrected chi connectivity index (χ2v) is 4.79. The molecule has 0 atom stereocenters. The van der Waals surface area contributed by atoms with E-state index in [0.29, 0.717) is 49.5 Å². The Labute approximate surface area is 132 Å². The predicted molar refractivity (Wildman–Crippen MR) is 83.1 cm³/mol. The van der Waals surface area contributed by atoms with Crippen LogP contribution in [-0.2, 0) is 4.74 Å². The number of aromatic nitrogens is 2. The Kier molecular flexibility index (Phi) is 4.72. The minimum atomic E-state index is -0.544. The van der Waals surface area contributed by atoms with E-state index >= 15 is 0 Å². The fourth-order valence-electron chi connectivity index (χ4n) is 2.06. The Morgan fingerprint density at radius 1 is 1.26 bits per heavy atom. The van der Waals surface area contributed by atoms with Gasteiger partial charge in [-0.25, -0.2) is 9.37 Å². The van der Waals surface area contributed by atoms with Gasteiger partial charge >= 0.3 is 0 Å². The third-order valence-electron chi connectivity index (χ3n) is 3.14. The molecule has 0 unspecified atom stereocenters. The number of anilines is 3. The van der Waals surface area contributed by atoms with Crippen molar-refractivity contribution in [3.8, 4) is 11.5 Å². The van der Waals surface area contributed by atoms with E-state index in [2.05, 4.69) is 20.6 Å². The molecule has 2 heterocycles. The maximum atomic E-state index is 13.9. The monoisotopic (exact) mass is 320 g/mol. The summed E-state index contributed by atoms with van der Waals surface area (Å²) in [5.41, 5.74) is 0.648. The second kappa shape index (κ2) is 7.10. The van der Waals surface area contributed by atoms with Gasteiger partial charge in [-0.15, -0.1) is 0 Å². The molecule has 122 valence electrons. The van der Waals surface area contributed by atoms with Crippen LogP contribution in [0.1, 0.15) is 0 Å². The predicted octanol–water partition coefficient (Wildman–Crippen LogP) is 2.19. The quantitative estimate of drug-likeness (QED) is 0.790. The summed E-state index contributed by atoms with van der Waals surface area (Å²) in [5.74, 6) is 1.15. The largest absolute Gasteiger partial charge is 0.486 e. The topological polar surface area (TPSA) is 77.5 Å². The minimum absolute atomic E-state index is 0.0802. The highest BCUT2D eigenvalue weighted by Crippen LogP contribution is 2.33. The van der Waals surface area contributed by atoms with Crippen LogP contribution < -0.4 is 20.1 Å². The van der Waals surface area contributed by atoms with Gasteiger partial charge in [-0.2, -0.15) is 4.98 Å². The first-order valence-electron chi connectivity index (χ1n) is 7.18. The molecule has 2 aromatic rings. The molecule has 0 radical (unpaired) electrons. The molecule has 0 spiro atoms. The van der Waals surface area contributed by atoms with E-state index in [4.69, 9.17) is 14.2 Å². The molecule has 0 saturated carbocycles. The summed E-state index contributed by atoms with van der Waals surface area (Å²) in [6.07, 6.45) is 1.11. The smallest absolute Gasteiger partial charge is 0.224 e. The van der Waals surface area contributed by atoms with Crippen molar-refractivity contribution in [1.29, 1.82) is 0 Å². The zero-order valence-electron chi connectivity index (χ0n) is 12.6. The van der Waals surface area contributed by atoms with Crippen molar-refractivity contribution in [1.82, 2.24) is 9.97 Å². The number of rotatable bonds is 6. The van der Waals surface area contributed by atoms with Crippen LogP contribution in [0.25, 0.3) is 0 Å². The van der Waals surface area contributed by atoms with Crippen molar-refractivity contribution in [3.63, 3.8) is 0 Å². The molecule has 0 aliphatic carbocycles. The zero-order valence-corrected chi connectivity index (χ0v) is 12.6. The first-order chi connectivity index (χ1) is 11.3.